The van der Waals surface area contributed by atoms with Gasteiger partial charge in [-0.25, -0.2) is 9.00 Å². The normalized spacial score (nSPS) is 16.5. The summed E-state index contributed by atoms with van der Waals surface area (Å²) in [6.45, 7) is 1.27. The van der Waals surface area contributed by atoms with Crippen LogP contribution in [0.25, 0.3) is 11.1 Å². The number of benzene rings is 3. The lowest BCUT2D eigenvalue weighted by molar-refractivity contribution is 0.112. The molecule has 1 aliphatic heterocycles. The smallest absolute Gasteiger partial charge is 0.319 e. The van der Waals surface area contributed by atoms with Gasteiger partial charge in [0.05, 0.1) is 11.0 Å². The Balaban J connectivity index is 1.36. The molecule has 0 radical (unpaired) electrons. The maximum Gasteiger partial charge on any atom is 0.319 e. The molecular formula is C24H25N3O3S. The topological polar surface area (TPSA) is 79.5 Å². The van der Waals surface area contributed by atoms with E-state index in [2.05, 4.69) is 15.4 Å². The minimum absolute atomic E-state index is 0.103. The lowest BCUT2D eigenvalue weighted by Gasteiger charge is -2.13. The lowest BCUT2D eigenvalue weighted by Crippen LogP contribution is -2.35. The van der Waals surface area contributed by atoms with Gasteiger partial charge in [0.1, 0.15) is 0 Å². The van der Waals surface area contributed by atoms with Gasteiger partial charge in [-0.1, -0.05) is 48.5 Å². The van der Waals surface area contributed by atoms with Crippen LogP contribution in [0.2, 0.25) is 0 Å². The van der Waals surface area contributed by atoms with E-state index in [1.165, 1.54) is 0 Å². The summed E-state index contributed by atoms with van der Waals surface area (Å²) in [5, 5.41) is 5.62. The molecule has 2 amide bonds. The van der Waals surface area contributed by atoms with Crippen LogP contribution in [0.4, 0.5) is 16.2 Å². The van der Waals surface area contributed by atoms with E-state index in [1.54, 1.807) is 24.3 Å². The second kappa shape index (κ2) is 10.2. The zero-order valence-corrected chi connectivity index (χ0v) is 17.9. The van der Waals surface area contributed by atoms with Crippen molar-refractivity contribution in [2.45, 2.75) is 23.8 Å². The van der Waals surface area contributed by atoms with E-state index in [-0.39, 0.29) is 12.1 Å². The summed E-state index contributed by atoms with van der Waals surface area (Å²) < 4.78 is 21.5. The van der Waals surface area contributed by atoms with Gasteiger partial charge in [0.25, 0.3) is 0 Å². The summed E-state index contributed by atoms with van der Waals surface area (Å²) in [5.74, 6) is 0. The molecular weight excluding hydrogens is 410 g/mol. The average Bonchev–Trinajstić information content (AvgIpc) is 3.33. The number of carbonyl (C=O) groups is 1. The summed E-state index contributed by atoms with van der Waals surface area (Å²) in [7, 11) is -1.43. The average molecular weight is 436 g/mol. The minimum atomic E-state index is -1.43. The molecule has 1 fully saturated rings. The van der Waals surface area contributed by atoms with Gasteiger partial charge < -0.3 is 20.1 Å². The van der Waals surface area contributed by atoms with Crippen molar-refractivity contribution >= 4 is 28.4 Å². The molecule has 3 aromatic rings. The van der Waals surface area contributed by atoms with Crippen molar-refractivity contribution in [1.29, 1.82) is 0 Å². The van der Waals surface area contributed by atoms with E-state index in [9.17, 15) is 9.00 Å². The van der Waals surface area contributed by atoms with Crippen LogP contribution >= 0.6 is 0 Å². The van der Waals surface area contributed by atoms with Crippen LogP contribution in [-0.2, 0) is 15.7 Å². The molecule has 2 unspecified atom stereocenters. The number of urea groups is 1. The Morgan fingerprint density at radius 2 is 1.65 bits per heavy atom. The fourth-order valence-corrected chi connectivity index (χ4v) is 4.50. The lowest BCUT2D eigenvalue weighted by atomic mass is 10.1. The van der Waals surface area contributed by atoms with Gasteiger partial charge in [-0.15, -0.1) is 0 Å². The summed E-state index contributed by atoms with van der Waals surface area (Å²) in [5.41, 5.74) is 3.30. The highest BCUT2D eigenvalue weighted by molar-refractivity contribution is 7.86. The third kappa shape index (κ3) is 5.71. The van der Waals surface area contributed by atoms with Crippen LogP contribution in [0.1, 0.15) is 12.8 Å². The molecule has 7 heteroatoms. The van der Waals surface area contributed by atoms with E-state index in [0.29, 0.717) is 22.8 Å². The fourth-order valence-electron chi connectivity index (χ4n) is 3.46. The van der Waals surface area contributed by atoms with E-state index in [1.807, 2.05) is 54.6 Å². The van der Waals surface area contributed by atoms with Crippen LogP contribution in [0, 0.1) is 0 Å². The van der Waals surface area contributed by atoms with Crippen LogP contribution in [0.15, 0.2) is 83.8 Å². The van der Waals surface area contributed by atoms with Crippen molar-refractivity contribution in [2.24, 2.45) is 0 Å². The van der Waals surface area contributed by atoms with Crippen molar-refractivity contribution < 1.29 is 13.7 Å². The van der Waals surface area contributed by atoms with Gasteiger partial charge in [-0.3, -0.25) is 0 Å². The Kier molecular flexibility index (Phi) is 6.96. The highest BCUT2D eigenvalue weighted by Crippen LogP contribution is 2.27. The number of rotatable bonds is 7. The van der Waals surface area contributed by atoms with Gasteiger partial charge in [-0.2, -0.15) is 0 Å². The van der Waals surface area contributed by atoms with Gasteiger partial charge in [0.15, 0.2) is 11.0 Å². The quantitative estimate of drug-likeness (QED) is 0.499. The van der Waals surface area contributed by atoms with Crippen LogP contribution < -0.4 is 15.4 Å². The zero-order valence-electron chi connectivity index (χ0n) is 17.0. The Hall–Kier alpha value is -3.16. The first kappa shape index (κ1) is 21.1. The third-order valence-electron chi connectivity index (χ3n) is 5.04. The molecule has 4 rings (SSSR count). The van der Waals surface area contributed by atoms with Crippen molar-refractivity contribution in [3.05, 3.63) is 78.9 Å². The van der Waals surface area contributed by atoms with Crippen molar-refractivity contribution in [2.75, 3.05) is 23.2 Å². The van der Waals surface area contributed by atoms with Crippen LogP contribution in [0.3, 0.4) is 0 Å². The van der Waals surface area contributed by atoms with Crippen LogP contribution in [0.5, 0.6) is 0 Å². The van der Waals surface area contributed by atoms with Gasteiger partial charge in [0, 0.05) is 24.5 Å². The number of anilines is 2. The molecule has 0 saturated carbocycles. The van der Waals surface area contributed by atoms with Crippen molar-refractivity contribution in [3.8, 4) is 11.1 Å². The fraction of sp³-hybridized carbons (Fsp3) is 0.208. The maximum absolute atomic E-state index is 13.0. The predicted octanol–water partition coefficient (Wildman–Crippen LogP) is 4.79. The van der Waals surface area contributed by atoms with E-state index in [4.69, 9.17) is 4.74 Å². The first-order chi connectivity index (χ1) is 15.2. The van der Waals surface area contributed by atoms with Crippen molar-refractivity contribution in [1.82, 2.24) is 5.32 Å². The van der Waals surface area contributed by atoms with Gasteiger partial charge in [-0.05, 0) is 54.3 Å². The molecule has 3 N–H and O–H groups in total. The Morgan fingerprint density at radius 1 is 0.935 bits per heavy atom. The number of hydrogen-bond acceptors (Lipinski definition) is 3. The molecule has 2 atom stereocenters. The predicted molar refractivity (Wildman–Crippen MR) is 124 cm³/mol. The number of ether oxygens (including phenoxy) is 1. The molecule has 1 saturated heterocycles. The zero-order chi connectivity index (χ0) is 21.5. The van der Waals surface area contributed by atoms with Crippen LogP contribution in [-0.4, -0.2) is 29.5 Å². The maximum atomic E-state index is 13.0. The summed E-state index contributed by atoms with van der Waals surface area (Å²) in [4.78, 5) is 12.8. The Bertz CT molecular complexity index is 1040. The number of amides is 2. The number of carbonyl (C=O) groups excluding carboxylic acids is 1. The molecule has 0 spiro atoms. The summed E-state index contributed by atoms with van der Waals surface area (Å²) in [6, 6.07) is 24.4. The van der Waals surface area contributed by atoms with Gasteiger partial charge in [0.2, 0.25) is 0 Å². The highest BCUT2D eigenvalue weighted by Gasteiger charge is 2.16. The largest absolute Gasteiger partial charge is 0.376 e. The summed E-state index contributed by atoms with van der Waals surface area (Å²) in [6.07, 6.45) is 2.12. The number of nitrogens with one attached hydrogen (secondary N) is 3. The number of hydrogen-bond donors (Lipinski definition) is 3. The summed E-state index contributed by atoms with van der Waals surface area (Å²) >= 11 is 0. The molecule has 0 aliphatic carbocycles. The monoisotopic (exact) mass is 435 g/mol. The molecule has 31 heavy (non-hydrogen) atoms. The first-order valence-corrected chi connectivity index (χ1v) is 11.4. The highest BCUT2D eigenvalue weighted by atomic mass is 32.2. The van der Waals surface area contributed by atoms with Crippen molar-refractivity contribution in [3.63, 3.8) is 0 Å². The molecule has 0 bridgehead atoms. The molecule has 0 aromatic heterocycles. The van der Waals surface area contributed by atoms with E-state index >= 15 is 0 Å². The van der Waals surface area contributed by atoms with E-state index in [0.717, 1.165) is 30.6 Å². The minimum Gasteiger partial charge on any atom is -0.376 e. The first-order valence-electron chi connectivity index (χ1n) is 10.3. The molecule has 1 heterocycles. The molecule has 6 nitrogen and oxygen atoms in total. The molecule has 1 aliphatic rings. The standard InChI is InChI=1S/C24H25N3O3S/c28-24(25-17-21-9-6-16-30-21)26-19-12-14-20(15-13-19)27-31(29)23-11-5-4-10-22(23)18-7-2-1-3-8-18/h1-5,7-8,10-15,21,27H,6,9,16-17H2,(H2,25,26,28). The van der Waals surface area contributed by atoms with Gasteiger partial charge >= 0.3 is 6.03 Å². The molecule has 160 valence electrons. The Labute approximate surface area is 184 Å². The van der Waals surface area contributed by atoms with E-state index < -0.39 is 11.0 Å². The Morgan fingerprint density at radius 3 is 2.39 bits per heavy atom. The molecule has 3 aromatic carbocycles. The third-order valence-corrected chi connectivity index (χ3v) is 6.22. The second-order valence-corrected chi connectivity index (χ2v) is 8.46. The SMILES string of the molecule is O=C(NCC1CCCO1)Nc1ccc(NS(=O)c2ccccc2-c2ccccc2)cc1. The second-order valence-electron chi connectivity index (χ2n) is 7.28.